The van der Waals surface area contributed by atoms with E-state index < -0.39 is 0 Å². The molecule has 0 unspecified atom stereocenters. The van der Waals surface area contributed by atoms with E-state index in [0.29, 0.717) is 0 Å². The Labute approximate surface area is 32.1 Å². The predicted molar refractivity (Wildman–Crippen MR) is 25.1 cm³/mol. The predicted octanol–water partition coefficient (Wildman–Crippen LogP) is 1.02. The van der Waals surface area contributed by atoms with Crippen molar-refractivity contribution < 1.29 is 0 Å². The number of hydrogen-bond acceptors (Lipinski definition) is 1. The molecule has 23 valence electrons. The fourth-order valence-corrected chi connectivity index (χ4v) is 0. The summed E-state index contributed by atoms with van der Waals surface area (Å²) in [5.41, 5.74) is 0. The van der Waals surface area contributed by atoms with Crippen molar-refractivity contribution in [2.75, 3.05) is 6.26 Å². The zero-order valence-electron chi connectivity index (χ0n) is 2.99. The fraction of sp³-hybridized carbons (Fsp3) is 1.00. The van der Waals surface area contributed by atoms with Gasteiger partial charge in [0.15, 0.2) is 6.56 Å². The van der Waals surface area contributed by atoms with Crippen LogP contribution in [-0.2, 0) is 0 Å². The summed E-state index contributed by atoms with van der Waals surface area (Å²) in [5, 5.41) is 0. The van der Waals surface area contributed by atoms with Crippen molar-refractivity contribution in [1.29, 1.82) is 0 Å². The van der Waals surface area contributed by atoms with Gasteiger partial charge in [-0.25, -0.2) is 11.6 Å². The molecule has 0 aromatic heterocycles. The van der Waals surface area contributed by atoms with Crippen LogP contribution < -0.4 is 0 Å². The van der Waals surface area contributed by atoms with Gasteiger partial charge in [-0.2, -0.15) is 0 Å². The van der Waals surface area contributed by atoms with E-state index in [-0.39, 0.29) is 0 Å². The molecule has 0 amide bonds. The van der Waals surface area contributed by atoms with Gasteiger partial charge in [-0.3, -0.25) is 0 Å². The third kappa shape index (κ3) is 2.41. The Bertz CT molecular complexity index is 8.00. The highest BCUT2D eigenvalue weighted by Crippen LogP contribution is 1.80. The van der Waals surface area contributed by atoms with Crippen LogP contribution >= 0.6 is 11.6 Å². The van der Waals surface area contributed by atoms with Gasteiger partial charge in [0.05, 0.1) is 0 Å². The monoisotopic (exact) mass is 73.0 g/mol. The molecule has 0 rings (SSSR count). The molecule has 0 heterocycles. The zero-order valence-corrected chi connectivity index (χ0v) is 3.80. The highest BCUT2D eigenvalue weighted by Gasteiger charge is 1.61. The molecule has 0 atom stereocenters. The van der Waals surface area contributed by atoms with Crippen LogP contribution in [0.2, 0.25) is 6.82 Å². The average molecular weight is 72.9 g/mol. The molecule has 2 heteroatoms. The standard InChI is InChI=1S/C2H6BS/c1-3-4-2/h1-2H3. The molecule has 0 bridgehead atoms. The Hall–Kier alpha value is 0.415. The van der Waals surface area contributed by atoms with E-state index in [4.69, 9.17) is 0 Å². The van der Waals surface area contributed by atoms with E-state index in [1.165, 1.54) is 0 Å². The molecule has 0 aromatic rings. The maximum Gasteiger partial charge on any atom is 0.188 e. The molecule has 0 saturated heterocycles. The van der Waals surface area contributed by atoms with Crippen molar-refractivity contribution in [2.24, 2.45) is 0 Å². The van der Waals surface area contributed by atoms with Gasteiger partial charge >= 0.3 is 0 Å². The highest BCUT2D eigenvalue weighted by atomic mass is 32.2. The molecule has 0 fully saturated rings. The van der Waals surface area contributed by atoms with Gasteiger partial charge in [0, 0.05) is 0 Å². The van der Waals surface area contributed by atoms with Gasteiger partial charge in [-0.1, -0.05) is 6.82 Å². The maximum atomic E-state index is 2.04. The Kier molecular flexibility index (Phi) is 3.77. The summed E-state index contributed by atoms with van der Waals surface area (Å²) < 4.78 is 0. The lowest BCUT2D eigenvalue weighted by Crippen LogP contribution is -1.59. The summed E-state index contributed by atoms with van der Waals surface area (Å²) in [7, 11) is 0. The number of hydrogen-bond donors (Lipinski definition) is 0. The minimum atomic E-state index is 1.73. The van der Waals surface area contributed by atoms with Crippen LogP contribution in [0.5, 0.6) is 0 Å². The first kappa shape index (κ1) is 4.41. The van der Waals surface area contributed by atoms with E-state index in [9.17, 15) is 0 Å². The Morgan fingerprint density at radius 2 is 2.00 bits per heavy atom. The first-order chi connectivity index (χ1) is 1.91. The minimum Gasteiger partial charge on any atom is -0.222 e. The van der Waals surface area contributed by atoms with Crippen molar-refractivity contribution in [3.63, 3.8) is 0 Å². The van der Waals surface area contributed by atoms with E-state index in [2.05, 4.69) is 0 Å². The van der Waals surface area contributed by atoms with Gasteiger partial charge in [0.2, 0.25) is 0 Å². The second-order valence-electron chi connectivity index (χ2n) is 0.471. The lowest BCUT2D eigenvalue weighted by atomic mass is 10.2. The van der Waals surface area contributed by atoms with Gasteiger partial charge < -0.3 is 0 Å². The maximum absolute atomic E-state index is 2.04. The average Bonchev–Trinajstić information content (AvgIpc) is 1.37. The van der Waals surface area contributed by atoms with Gasteiger partial charge in [-0.05, 0) is 6.26 Å². The van der Waals surface area contributed by atoms with E-state index in [1.807, 2.05) is 19.6 Å². The second-order valence-corrected chi connectivity index (χ2v) is 1.41. The van der Waals surface area contributed by atoms with Crippen molar-refractivity contribution in [3.05, 3.63) is 0 Å². The molecular weight excluding hydrogens is 66.9 g/mol. The van der Waals surface area contributed by atoms with E-state index in [1.54, 1.807) is 11.6 Å². The van der Waals surface area contributed by atoms with Crippen LogP contribution in [0.25, 0.3) is 0 Å². The van der Waals surface area contributed by atoms with Crippen LogP contribution in [0.4, 0.5) is 0 Å². The van der Waals surface area contributed by atoms with Crippen LogP contribution in [0.3, 0.4) is 0 Å². The molecule has 0 aromatic carbocycles. The van der Waals surface area contributed by atoms with Crippen LogP contribution in [0, 0.1) is 0 Å². The fourth-order valence-electron chi connectivity index (χ4n) is 0. The van der Waals surface area contributed by atoms with Crippen molar-refractivity contribution in [3.8, 4) is 0 Å². The SMILES string of the molecule is C[B]SC. The molecule has 4 heavy (non-hydrogen) atoms. The summed E-state index contributed by atoms with van der Waals surface area (Å²) in [6, 6.07) is 0. The molecule has 0 saturated carbocycles. The third-order valence-corrected chi connectivity index (χ3v) is 0.707. The molecule has 0 nitrogen and oxygen atoms in total. The molecule has 1 radical (unpaired) electrons. The molecule has 0 aliphatic heterocycles. The summed E-state index contributed by atoms with van der Waals surface area (Å²) in [5.74, 6) is 0. The lowest BCUT2D eigenvalue weighted by molar-refractivity contribution is 2.36. The van der Waals surface area contributed by atoms with Crippen molar-refractivity contribution >= 4 is 18.2 Å². The Morgan fingerprint density at radius 3 is 2.00 bits per heavy atom. The van der Waals surface area contributed by atoms with Crippen LogP contribution in [0.15, 0.2) is 0 Å². The van der Waals surface area contributed by atoms with E-state index >= 15 is 0 Å². The smallest absolute Gasteiger partial charge is 0.188 e. The Morgan fingerprint density at radius 1 is 1.75 bits per heavy atom. The van der Waals surface area contributed by atoms with Crippen molar-refractivity contribution in [2.45, 2.75) is 6.82 Å². The topological polar surface area (TPSA) is 0 Å². The normalized spacial score (nSPS) is 6.50. The van der Waals surface area contributed by atoms with E-state index in [0.717, 1.165) is 0 Å². The molecule has 0 spiro atoms. The number of rotatable bonds is 1. The molecule has 0 aliphatic carbocycles. The summed E-state index contributed by atoms with van der Waals surface area (Å²) in [4.78, 5) is 0. The van der Waals surface area contributed by atoms with Crippen LogP contribution in [-0.4, -0.2) is 12.8 Å². The molecular formula is C2H6BS. The summed E-state index contributed by atoms with van der Waals surface area (Å²) in [6.07, 6.45) is 2.04. The second kappa shape index (κ2) is 3.41. The summed E-state index contributed by atoms with van der Waals surface area (Å²) >= 11 is 1.73. The lowest BCUT2D eigenvalue weighted by Gasteiger charge is -1.66. The molecule has 0 aliphatic rings. The first-order valence-corrected chi connectivity index (χ1v) is 2.51. The molecule has 0 N–H and O–H groups in total. The quantitative estimate of drug-likeness (QED) is 0.417. The largest absolute Gasteiger partial charge is 0.222 e. The zero-order chi connectivity index (χ0) is 3.41. The van der Waals surface area contributed by atoms with Gasteiger partial charge in [0.25, 0.3) is 0 Å². The van der Waals surface area contributed by atoms with Gasteiger partial charge in [-0.15, -0.1) is 0 Å². The third-order valence-electron chi connectivity index (χ3n) is 0.236. The Balaban J connectivity index is 1.97. The minimum absolute atomic E-state index is 1.73. The van der Waals surface area contributed by atoms with Gasteiger partial charge in [0.1, 0.15) is 0 Å². The highest BCUT2D eigenvalue weighted by molar-refractivity contribution is 8.21. The first-order valence-electron chi connectivity index (χ1n) is 1.22. The summed E-state index contributed by atoms with van der Waals surface area (Å²) in [6.45, 7) is 4.06. The van der Waals surface area contributed by atoms with Crippen LogP contribution in [0.1, 0.15) is 0 Å². The van der Waals surface area contributed by atoms with Crippen molar-refractivity contribution in [1.82, 2.24) is 0 Å².